The van der Waals surface area contributed by atoms with E-state index < -0.39 is 0 Å². The predicted molar refractivity (Wildman–Crippen MR) is 71.9 cm³/mol. The van der Waals surface area contributed by atoms with Crippen LogP contribution in [0.5, 0.6) is 0 Å². The number of hydrogen-bond donors (Lipinski definition) is 1. The maximum absolute atomic E-state index is 5.93. The van der Waals surface area contributed by atoms with Gasteiger partial charge in [-0.25, -0.2) is 0 Å². The summed E-state index contributed by atoms with van der Waals surface area (Å²) in [5.74, 6) is 0. The zero-order chi connectivity index (χ0) is 12.2. The number of hydrogen-bond acceptors (Lipinski definition) is 2. The standard InChI is InChI=1S/C12H17BrClNO/c1-12(2,8-16-3)15-7-9-4-5-11(14)10(13)6-9/h4-6,15H,7-8H2,1-3H3. The van der Waals surface area contributed by atoms with E-state index in [0.717, 1.165) is 16.0 Å². The van der Waals surface area contributed by atoms with E-state index in [1.807, 2.05) is 18.2 Å². The minimum atomic E-state index is -0.0269. The highest BCUT2D eigenvalue weighted by molar-refractivity contribution is 9.10. The summed E-state index contributed by atoms with van der Waals surface area (Å²) in [6, 6.07) is 5.94. The molecule has 0 aliphatic heterocycles. The van der Waals surface area contributed by atoms with Crippen molar-refractivity contribution in [2.24, 2.45) is 0 Å². The van der Waals surface area contributed by atoms with Gasteiger partial charge in [-0.1, -0.05) is 17.7 Å². The predicted octanol–water partition coefficient (Wildman–Crippen LogP) is 3.62. The van der Waals surface area contributed by atoms with Gasteiger partial charge in [-0.2, -0.15) is 0 Å². The van der Waals surface area contributed by atoms with E-state index in [0.29, 0.717) is 6.61 Å². The molecule has 4 heteroatoms. The molecule has 0 spiro atoms. The van der Waals surface area contributed by atoms with E-state index in [1.165, 1.54) is 5.56 Å². The van der Waals surface area contributed by atoms with Gasteiger partial charge in [0.2, 0.25) is 0 Å². The fraction of sp³-hybridized carbons (Fsp3) is 0.500. The van der Waals surface area contributed by atoms with Crippen LogP contribution in [-0.2, 0) is 11.3 Å². The van der Waals surface area contributed by atoms with E-state index in [9.17, 15) is 0 Å². The van der Waals surface area contributed by atoms with Crippen LogP contribution >= 0.6 is 27.5 Å². The van der Waals surface area contributed by atoms with Gasteiger partial charge in [0.25, 0.3) is 0 Å². The highest BCUT2D eigenvalue weighted by Crippen LogP contribution is 2.23. The number of nitrogens with one attached hydrogen (secondary N) is 1. The van der Waals surface area contributed by atoms with Gasteiger partial charge in [0.15, 0.2) is 0 Å². The Morgan fingerprint density at radius 1 is 1.44 bits per heavy atom. The van der Waals surface area contributed by atoms with Gasteiger partial charge in [0, 0.05) is 23.7 Å². The van der Waals surface area contributed by atoms with Crippen molar-refractivity contribution in [3.05, 3.63) is 33.3 Å². The first-order chi connectivity index (χ1) is 7.44. The van der Waals surface area contributed by atoms with Crippen LogP contribution in [0.4, 0.5) is 0 Å². The van der Waals surface area contributed by atoms with E-state index in [1.54, 1.807) is 7.11 Å². The molecule has 0 fully saturated rings. The van der Waals surface area contributed by atoms with Crippen molar-refractivity contribution < 1.29 is 4.74 Å². The first-order valence-electron chi connectivity index (χ1n) is 5.12. The summed E-state index contributed by atoms with van der Waals surface area (Å²) in [4.78, 5) is 0. The van der Waals surface area contributed by atoms with Gasteiger partial charge in [0.1, 0.15) is 0 Å². The van der Waals surface area contributed by atoms with Crippen LogP contribution in [-0.4, -0.2) is 19.3 Å². The molecular weight excluding hydrogens is 289 g/mol. The maximum Gasteiger partial charge on any atom is 0.0639 e. The fourth-order valence-electron chi connectivity index (χ4n) is 1.40. The second-order valence-corrected chi connectivity index (χ2v) is 5.68. The molecule has 1 N–H and O–H groups in total. The third-order valence-corrected chi connectivity index (χ3v) is 3.47. The average molecular weight is 307 g/mol. The molecule has 1 rings (SSSR count). The Morgan fingerprint density at radius 3 is 2.69 bits per heavy atom. The number of ether oxygens (including phenoxy) is 1. The third-order valence-electron chi connectivity index (χ3n) is 2.26. The molecule has 0 aliphatic carbocycles. The van der Waals surface area contributed by atoms with Crippen molar-refractivity contribution in [1.29, 1.82) is 0 Å². The molecular formula is C12H17BrClNO. The lowest BCUT2D eigenvalue weighted by atomic mass is 10.1. The molecule has 0 saturated carbocycles. The van der Waals surface area contributed by atoms with Gasteiger partial charge in [0.05, 0.1) is 11.6 Å². The van der Waals surface area contributed by atoms with Crippen molar-refractivity contribution in [2.45, 2.75) is 25.9 Å². The summed E-state index contributed by atoms with van der Waals surface area (Å²) < 4.78 is 6.07. The van der Waals surface area contributed by atoms with E-state index >= 15 is 0 Å². The van der Waals surface area contributed by atoms with Gasteiger partial charge in [-0.05, 0) is 47.5 Å². The molecule has 0 saturated heterocycles. The minimum absolute atomic E-state index is 0.0269. The molecule has 2 nitrogen and oxygen atoms in total. The number of methoxy groups -OCH3 is 1. The van der Waals surface area contributed by atoms with Crippen molar-refractivity contribution in [3.8, 4) is 0 Å². The van der Waals surface area contributed by atoms with Crippen molar-refractivity contribution in [1.82, 2.24) is 5.32 Å². The number of rotatable bonds is 5. The lowest BCUT2D eigenvalue weighted by Gasteiger charge is -2.25. The van der Waals surface area contributed by atoms with E-state index in [2.05, 4.69) is 35.1 Å². The average Bonchev–Trinajstić information content (AvgIpc) is 2.20. The summed E-state index contributed by atoms with van der Waals surface area (Å²) >= 11 is 9.35. The zero-order valence-electron chi connectivity index (χ0n) is 9.81. The van der Waals surface area contributed by atoms with Crippen LogP contribution in [0.25, 0.3) is 0 Å². The Labute approximate surface area is 110 Å². The number of benzene rings is 1. The molecule has 0 atom stereocenters. The van der Waals surface area contributed by atoms with Gasteiger partial charge >= 0.3 is 0 Å². The lowest BCUT2D eigenvalue weighted by molar-refractivity contribution is 0.128. The molecule has 0 radical (unpaired) electrons. The molecule has 0 aliphatic rings. The Morgan fingerprint density at radius 2 is 2.12 bits per heavy atom. The largest absolute Gasteiger partial charge is 0.383 e. The topological polar surface area (TPSA) is 21.3 Å². The van der Waals surface area contributed by atoms with Crippen LogP contribution in [0.2, 0.25) is 5.02 Å². The second kappa shape index (κ2) is 6.01. The van der Waals surface area contributed by atoms with Crippen molar-refractivity contribution in [3.63, 3.8) is 0 Å². The molecule has 0 bridgehead atoms. The smallest absolute Gasteiger partial charge is 0.0639 e. The van der Waals surface area contributed by atoms with Gasteiger partial charge in [-0.15, -0.1) is 0 Å². The van der Waals surface area contributed by atoms with Crippen LogP contribution in [0.1, 0.15) is 19.4 Å². The lowest BCUT2D eigenvalue weighted by Crippen LogP contribution is -2.42. The molecule has 16 heavy (non-hydrogen) atoms. The van der Waals surface area contributed by atoms with Crippen molar-refractivity contribution >= 4 is 27.5 Å². The summed E-state index contributed by atoms with van der Waals surface area (Å²) in [5.41, 5.74) is 1.17. The highest BCUT2D eigenvalue weighted by Gasteiger charge is 2.16. The molecule has 1 aromatic rings. The quantitative estimate of drug-likeness (QED) is 0.897. The summed E-state index contributed by atoms with van der Waals surface area (Å²) in [6.07, 6.45) is 0. The summed E-state index contributed by atoms with van der Waals surface area (Å²) in [7, 11) is 1.71. The minimum Gasteiger partial charge on any atom is -0.383 e. The molecule has 0 heterocycles. The second-order valence-electron chi connectivity index (χ2n) is 4.42. The molecule has 1 aromatic carbocycles. The van der Waals surface area contributed by atoms with Gasteiger partial charge in [-0.3, -0.25) is 0 Å². The Kier molecular flexibility index (Phi) is 5.25. The Hall–Kier alpha value is -0.0900. The van der Waals surface area contributed by atoms with E-state index in [-0.39, 0.29) is 5.54 Å². The Bertz CT molecular complexity index is 355. The third kappa shape index (κ3) is 4.42. The monoisotopic (exact) mass is 305 g/mol. The SMILES string of the molecule is COCC(C)(C)NCc1ccc(Cl)c(Br)c1. The maximum atomic E-state index is 5.93. The zero-order valence-corrected chi connectivity index (χ0v) is 12.2. The van der Waals surface area contributed by atoms with E-state index in [4.69, 9.17) is 16.3 Å². The van der Waals surface area contributed by atoms with Crippen LogP contribution in [0.3, 0.4) is 0 Å². The summed E-state index contributed by atoms with van der Waals surface area (Å²) in [6.45, 7) is 5.71. The van der Waals surface area contributed by atoms with Crippen LogP contribution in [0, 0.1) is 0 Å². The summed E-state index contributed by atoms with van der Waals surface area (Å²) in [5, 5.41) is 4.17. The Balaban J connectivity index is 2.57. The highest BCUT2D eigenvalue weighted by atomic mass is 79.9. The molecule has 90 valence electrons. The molecule has 0 unspecified atom stereocenters. The normalized spacial score (nSPS) is 11.8. The fourth-order valence-corrected chi connectivity index (χ4v) is 1.95. The van der Waals surface area contributed by atoms with Crippen LogP contribution < -0.4 is 5.32 Å². The molecule has 0 aromatic heterocycles. The van der Waals surface area contributed by atoms with Gasteiger partial charge < -0.3 is 10.1 Å². The first kappa shape index (κ1) is 14.0. The van der Waals surface area contributed by atoms with Crippen molar-refractivity contribution in [2.75, 3.05) is 13.7 Å². The number of halogens is 2. The first-order valence-corrected chi connectivity index (χ1v) is 6.29. The van der Waals surface area contributed by atoms with Crippen LogP contribution in [0.15, 0.2) is 22.7 Å². The molecule has 0 amide bonds.